The molecule has 4 heteroatoms. The van der Waals surface area contributed by atoms with Gasteiger partial charge in [0.1, 0.15) is 5.75 Å². The van der Waals surface area contributed by atoms with Gasteiger partial charge in [0.15, 0.2) is 5.78 Å². The average molecular weight is 300 g/mol. The third kappa shape index (κ3) is 2.52. The Kier molecular flexibility index (Phi) is 3.67. The number of ketones is 1. The van der Waals surface area contributed by atoms with Crippen LogP contribution in [0.5, 0.6) is 5.75 Å². The van der Waals surface area contributed by atoms with Crippen molar-refractivity contribution >= 4 is 28.3 Å². The first kappa shape index (κ1) is 13.7. The molecular formula is C17H14ClNO2. The van der Waals surface area contributed by atoms with E-state index in [9.17, 15) is 4.79 Å². The number of ether oxygens (including phenoxy) is 1. The number of Topliss-reactive ketones (excluding diaryl/α,β-unsaturated/α-hetero) is 1. The summed E-state index contributed by atoms with van der Waals surface area (Å²) in [5.74, 6) is 0.579. The normalized spacial score (nSPS) is 10.8. The van der Waals surface area contributed by atoms with E-state index in [1.165, 1.54) is 0 Å². The zero-order chi connectivity index (χ0) is 14.8. The molecular weight excluding hydrogens is 286 g/mol. The molecule has 0 aliphatic rings. The molecule has 0 spiro atoms. The zero-order valence-corrected chi connectivity index (χ0v) is 12.3. The van der Waals surface area contributed by atoms with Crippen LogP contribution in [0, 0.1) is 0 Å². The number of carbonyl (C=O) groups excluding carboxylic acids is 1. The molecule has 1 aromatic heterocycles. The van der Waals surface area contributed by atoms with E-state index in [2.05, 4.69) is 0 Å². The predicted molar refractivity (Wildman–Crippen MR) is 84.3 cm³/mol. The van der Waals surface area contributed by atoms with Crippen molar-refractivity contribution < 1.29 is 9.53 Å². The monoisotopic (exact) mass is 299 g/mol. The van der Waals surface area contributed by atoms with Gasteiger partial charge in [0.2, 0.25) is 0 Å². The Labute approximate surface area is 127 Å². The van der Waals surface area contributed by atoms with Gasteiger partial charge in [0, 0.05) is 17.1 Å². The van der Waals surface area contributed by atoms with Crippen LogP contribution in [0.25, 0.3) is 10.9 Å². The summed E-state index contributed by atoms with van der Waals surface area (Å²) in [6, 6.07) is 15.0. The van der Waals surface area contributed by atoms with Gasteiger partial charge >= 0.3 is 0 Å². The molecule has 21 heavy (non-hydrogen) atoms. The van der Waals surface area contributed by atoms with E-state index in [0.717, 1.165) is 10.9 Å². The number of carbonyl (C=O) groups is 1. The zero-order valence-electron chi connectivity index (χ0n) is 11.5. The van der Waals surface area contributed by atoms with E-state index in [1.807, 2.05) is 41.0 Å². The second-order valence-corrected chi connectivity index (χ2v) is 5.15. The highest BCUT2D eigenvalue weighted by Gasteiger charge is 2.14. The van der Waals surface area contributed by atoms with Crippen molar-refractivity contribution in [1.29, 1.82) is 0 Å². The highest BCUT2D eigenvalue weighted by atomic mass is 35.5. The van der Waals surface area contributed by atoms with Gasteiger partial charge in [-0.3, -0.25) is 4.79 Å². The maximum absolute atomic E-state index is 12.5. The van der Waals surface area contributed by atoms with Gasteiger partial charge in [-0.05, 0) is 18.2 Å². The van der Waals surface area contributed by atoms with Crippen molar-refractivity contribution in [3.63, 3.8) is 0 Å². The fourth-order valence-electron chi connectivity index (χ4n) is 2.45. The Morgan fingerprint density at radius 2 is 1.86 bits per heavy atom. The Hall–Kier alpha value is -2.26. The third-order valence-electron chi connectivity index (χ3n) is 3.46. The summed E-state index contributed by atoms with van der Waals surface area (Å²) >= 11 is 6.21. The number of fused-ring (bicyclic) bond motifs is 1. The smallest absolute Gasteiger partial charge is 0.186 e. The number of hydrogen-bond donors (Lipinski definition) is 0. The maximum atomic E-state index is 12.5. The van der Waals surface area contributed by atoms with E-state index in [-0.39, 0.29) is 12.3 Å². The van der Waals surface area contributed by atoms with E-state index in [4.69, 9.17) is 16.3 Å². The minimum absolute atomic E-state index is 0.00938. The van der Waals surface area contributed by atoms with Crippen LogP contribution in [0.1, 0.15) is 10.4 Å². The molecule has 0 saturated heterocycles. The molecule has 106 valence electrons. The molecule has 0 unspecified atom stereocenters. The Balaban J connectivity index is 1.97. The number of para-hydroxylation sites is 2. The number of rotatable bonds is 4. The Morgan fingerprint density at radius 3 is 2.67 bits per heavy atom. The average Bonchev–Trinajstić information content (AvgIpc) is 2.84. The van der Waals surface area contributed by atoms with Crippen LogP contribution in [0.15, 0.2) is 54.7 Å². The van der Waals surface area contributed by atoms with Crippen molar-refractivity contribution in [3.05, 3.63) is 65.3 Å². The van der Waals surface area contributed by atoms with E-state index in [0.29, 0.717) is 16.3 Å². The number of nitrogens with zero attached hydrogens (tertiary/aromatic N) is 1. The summed E-state index contributed by atoms with van der Waals surface area (Å²) in [6.07, 6.45) is 1.79. The second-order valence-electron chi connectivity index (χ2n) is 4.75. The maximum Gasteiger partial charge on any atom is 0.186 e. The van der Waals surface area contributed by atoms with Crippen LogP contribution in [-0.2, 0) is 6.54 Å². The van der Waals surface area contributed by atoms with E-state index >= 15 is 0 Å². The number of aromatic nitrogens is 1. The summed E-state index contributed by atoms with van der Waals surface area (Å²) in [5.41, 5.74) is 1.53. The SMILES string of the molecule is COc1ccccc1C(=O)Cn1cc(Cl)c2ccccc21. The topological polar surface area (TPSA) is 31.2 Å². The molecule has 0 radical (unpaired) electrons. The van der Waals surface area contributed by atoms with Crippen LogP contribution in [-0.4, -0.2) is 17.5 Å². The van der Waals surface area contributed by atoms with E-state index in [1.54, 1.807) is 25.4 Å². The number of hydrogen-bond acceptors (Lipinski definition) is 2. The minimum atomic E-state index is -0.00938. The van der Waals surface area contributed by atoms with Crippen LogP contribution < -0.4 is 4.74 Å². The van der Waals surface area contributed by atoms with Crippen LogP contribution >= 0.6 is 11.6 Å². The molecule has 3 nitrogen and oxygen atoms in total. The highest BCUT2D eigenvalue weighted by Crippen LogP contribution is 2.26. The van der Waals surface area contributed by atoms with Gasteiger partial charge in [-0.25, -0.2) is 0 Å². The lowest BCUT2D eigenvalue weighted by atomic mass is 10.1. The van der Waals surface area contributed by atoms with Gasteiger partial charge in [-0.2, -0.15) is 0 Å². The van der Waals surface area contributed by atoms with Gasteiger partial charge in [-0.1, -0.05) is 41.9 Å². The molecule has 0 atom stereocenters. The number of methoxy groups -OCH3 is 1. The summed E-state index contributed by atoms with van der Waals surface area (Å²) in [6.45, 7) is 0.230. The molecule has 0 saturated carbocycles. The molecule has 3 rings (SSSR count). The number of halogens is 1. The second kappa shape index (κ2) is 5.62. The van der Waals surface area contributed by atoms with Gasteiger partial charge < -0.3 is 9.30 Å². The summed E-state index contributed by atoms with van der Waals surface area (Å²) in [7, 11) is 1.56. The lowest BCUT2D eigenvalue weighted by Gasteiger charge is -2.08. The van der Waals surface area contributed by atoms with Crippen LogP contribution in [0.4, 0.5) is 0 Å². The van der Waals surface area contributed by atoms with Crippen molar-refractivity contribution in [2.24, 2.45) is 0 Å². The van der Waals surface area contributed by atoms with Crippen molar-refractivity contribution in [3.8, 4) is 5.75 Å². The third-order valence-corrected chi connectivity index (χ3v) is 3.76. The molecule has 3 aromatic rings. The quantitative estimate of drug-likeness (QED) is 0.677. The standard InChI is InChI=1S/C17H14ClNO2/c1-21-17-9-5-3-7-13(17)16(20)11-19-10-14(18)12-6-2-4-8-15(12)19/h2-10H,11H2,1H3. The largest absolute Gasteiger partial charge is 0.496 e. The van der Waals surface area contributed by atoms with Crippen molar-refractivity contribution in [1.82, 2.24) is 4.57 Å². The lowest BCUT2D eigenvalue weighted by Crippen LogP contribution is -2.10. The highest BCUT2D eigenvalue weighted by molar-refractivity contribution is 6.35. The predicted octanol–water partition coefficient (Wildman–Crippen LogP) is 4.19. The molecule has 2 aromatic carbocycles. The van der Waals surface area contributed by atoms with Gasteiger partial charge in [0.25, 0.3) is 0 Å². The fraction of sp³-hybridized carbons (Fsp3) is 0.118. The first-order chi connectivity index (χ1) is 10.2. The van der Waals surface area contributed by atoms with Crippen LogP contribution in [0.3, 0.4) is 0 Å². The Bertz CT molecular complexity index is 807. The summed E-state index contributed by atoms with van der Waals surface area (Å²) in [5, 5.41) is 1.60. The first-order valence-corrected chi connectivity index (χ1v) is 6.98. The van der Waals surface area contributed by atoms with E-state index < -0.39 is 0 Å². The Morgan fingerprint density at radius 1 is 1.14 bits per heavy atom. The van der Waals surface area contributed by atoms with Crippen LogP contribution in [0.2, 0.25) is 5.02 Å². The van der Waals surface area contributed by atoms with Crippen molar-refractivity contribution in [2.75, 3.05) is 7.11 Å². The fourth-order valence-corrected chi connectivity index (χ4v) is 2.73. The molecule has 0 bridgehead atoms. The summed E-state index contributed by atoms with van der Waals surface area (Å²) in [4.78, 5) is 12.5. The molecule has 0 N–H and O–H groups in total. The van der Waals surface area contributed by atoms with Crippen molar-refractivity contribution in [2.45, 2.75) is 6.54 Å². The number of benzene rings is 2. The molecule has 0 aliphatic carbocycles. The molecule has 0 aliphatic heterocycles. The lowest BCUT2D eigenvalue weighted by molar-refractivity contribution is 0.0970. The molecule has 0 fully saturated rings. The molecule has 1 heterocycles. The minimum Gasteiger partial charge on any atom is -0.496 e. The first-order valence-electron chi connectivity index (χ1n) is 6.60. The molecule has 0 amide bonds. The van der Waals surface area contributed by atoms with Gasteiger partial charge in [-0.15, -0.1) is 0 Å². The summed E-state index contributed by atoms with van der Waals surface area (Å²) < 4.78 is 7.11. The van der Waals surface area contributed by atoms with Gasteiger partial charge in [0.05, 0.1) is 24.2 Å².